The first-order chi connectivity index (χ1) is 12.8. The van der Waals surface area contributed by atoms with E-state index in [2.05, 4.69) is 19.1 Å². The highest BCUT2D eigenvalue weighted by Gasteiger charge is 2.74. The van der Waals surface area contributed by atoms with Gasteiger partial charge in [-0.3, -0.25) is 0 Å². The van der Waals surface area contributed by atoms with E-state index >= 15 is 0 Å². The third-order valence-electron chi connectivity index (χ3n) is 9.27. The second kappa shape index (κ2) is 6.35. The molecule has 3 saturated carbocycles. The van der Waals surface area contributed by atoms with Gasteiger partial charge in [-0.1, -0.05) is 26.0 Å². The number of fused-ring (bicyclic) bond motifs is 5. The molecule has 0 radical (unpaired) electrons. The van der Waals surface area contributed by atoms with Gasteiger partial charge in [0.15, 0.2) is 13.9 Å². The summed E-state index contributed by atoms with van der Waals surface area (Å²) in [7, 11) is -2.34. The van der Waals surface area contributed by atoms with Crippen molar-refractivity contribution in [2.45, 2.75) is 96.6 Å². The van der Waals surface area contributed by atoms with E-state index < -0.39 is 25.5 Å². The Balaban J connectivity index is 1.71. The molecule has 0 amide bonds. The molecule has 0 bridgehead atoms. The van der Waals surface area contributed by atoms with Crippen molar-refractivity contribution in [3.05, 3.63) is 12.2 Å². The van der Waals surface area contributed by atoms with E-state index in [4.69, 9.17) is 4.43 Å². The lowest BCUT2D eigenvalue weighted by Gasteiger charge is -2.61. The minimum absolute atomic E-state index is 0.146. The molecular formula is C23H37F3OSi. The van der Waals surface area contributed by atoms with Crippen molar-refractivity contribution < 1.29 is 17.6 Å². The van der Waals surface area contributed by atoms with Crippen LogP contribution < -0.4 is 0 Å². The minimum Gasteiger partial charge on any atom is -0.403 e. The fraction of sp³-hybridized carbons (Fsp3) is 0.913. The highest BCUT2D eigenvalue weighted by molar-refractivity contribution is 6.69. The molecule has 0 aromatic heterocycles. The SMILES string of the molecule is C[C@]12CC=CC[C@@H]1CC[C@@H]1[C@@H]2CC[C@@]2(C)[C@H]1CC[C@@]2(O[Si](C)(C)C)C(F)(F)F. The third-order valence-corrected chi connectivity index (χ3v) is 10.2. The van der Waals surface area contributed by atoms with Crippen LogP contribution >= 0.6 is 0 Å². The maximum Gasteiger partial charge on any atom is 0.416 e. The lowest BCUT2D eigenvalue weighted by molar-refractivity contribution is -0.296. The predicted molar refractivity (Wildman–Crippen MR) is 109 cm³/mol. The van der Waals surface area contributed by atoms with Crippen molar-refractivity contribution in [1.82, 2.24) is 0 Å². The number of halogens is 3. The van der Waals surface area contributed by atoms with Crippen LogP contribution in [0.25, 0.3) is 0 Å². The monoisotopic (exact) mass is 414 g/mol. The molecule has 4 aliphatic carbocycles. The summed E-state index contributed by atoms with van der Waals surface area (Å²) in [6.45, 7) is 10.1. The Labute approximate surface area is 169 Å². The molecule has 0 heterocycles. The summed E-state index contributed by atoms with van der Waals surface area (Å²) in [6, 6.07) is 0. The average molecular weight is 415 g/mol. The van der Waals surface area contributed by atoms with E-state index in [-0.39, 0.29) is 17.8 Å². The quantitative estimate of drug-likeness (QED) is 0.339. The van der Waals surface area contributed by atoms with Gasteiger partial charge in [-0.25, -0.2) is 0 Å². The van der Waals surface area contributed by atoms with Crippen LogP contribution in [0.2, 0.25) is 19.6 Å². The molecule has 4 rings (SSSR count). The summed E-state index contributed by atoms with van der Waals surface area (Å²) >= 11 is 0. The molecule has 5 heteroatoms. The van der Waals surface area contributed by atoms with Crippen molar-refractivity contribution >= 4 is 8.32 Å². The van der Waals surface area contributed by atoms with Gasteiger partial charge in [0.05, 0.1) is 0 Å². The number of allylic oxidation sites excluding steroid dienone is 2. The molecule has 0 spiro atoms. The third kappa shape index (κ3) is 2.81. The van der Waals surface area contributed by atoms with Crippen LogP contribution in [0.1, 0.15) is 65.2 Å². The first-order valence-corrected chi connectivity index (χ1v) is 14.7. The minimum atomic E-state index is -4.29. The largest absolute Gasteiger partial charge is 0.416 e. The van der Waals surface area contributed by atoms with Crippen LogP contribution in [0.15, 0.2) is 12.2 Å². The summed E-state index contributed by atoms with van der Waals surface area (Å²) in [5.74, 6) is 1.87. The van der Waals surface area contributed by atoms with E-state index in [9.17, 15) is 13.2 Å². The second-order valence-corrected chi connectivity index (χ2v) is 16.0. The number of hydrogen-bond donors (Lipinski definition) is 0. The summed E-state index contributed by atoms with van der Waals surface area (Å²) in [4.78, 5) is 0. The van der Waals surface area contributed by atoms with Crippen molar-refractivity contribution in [2.24, 2.45) is 34.5 Å². The lowest BCUT2D eigenvalue weighted by Crippen LogP contribution is -2.64. The van der Waals surface area contributed by atoms with Crippen LogP contribution in [-0.2, 0) is 4.43 Å². The zero-order chi connectivity index (χ0) is 20.6. The number of alkyl halides is 3. The number of rotatable bonds is 2. The molecule has 0 aliphatic heterocycles. The molecule has 7 atom stereocenters. The van der Waals surface area contributed by atoms with Crippen molar-refractivity contribution in [1.29, 1.82) is 0 Å². The van der Waals surface area contributed by atoms with Crippen LogP contribution in [0, 0.1) is 34.5 Å². The van der Waals surface area contributed by atoms with Crippen molar-refractivity contribution in [3.63, 3.8) is 0 Å². The van der Waals surface area contributed by atoms with E-state index in [1.807, 2.05) is 26.6 Å². The summed E-state index contributed by atoms with van der Waals surface area (Å²) in [5.41, 5.74) is -2.44. The highest BCUT2D eigenvalue weighted by atomic mass is 28.4. The fourth-order valence-electron chi connectivity index (χ4n) is 8.05. The first-order valence-electron chi connectivity index (χ1n) is 11.3. The van der Waals surface area contributed by atoms with E-state index in [1.165, 1.54) is 6.42 Å². The summed E-state index contributed by atoms with van der Waals surface area (Å²) in [5, 5.41) is 0. The first kappa shape index (κ1) is 21.0. The van der Waals surface area contributed by atoms with Gasteiger partial charge >= 0.3 is 6.18 Å². The summed E-state index contributed by atoms with van der Waals surface area (Å²) in [6.07, 6.45) is 7.36. The van der Waals surface area contributed by atoms with Gasteiger partial charge in [0.1, 0.15) is 0 Å². The van der Waals surface area contributed by atoms with Crippen molar-refractivity contribution in [2.75, 3.05) is 0 Å². The Hall–Kier alpha value is -0.293. The molecule has 0 aromatic carbocycles. The molecule has 28 heavy (non-hydrogen) atoms. The summed E-state index contributed by atoms with van der Waals surface area (Å²) < 4.78 is 50.0. The van der Waals surface area contributed by atoms with E-state index in [0.717, 1.165) is 31.6 Å². The molecule has 4 aliphatic rings. The second-order valence-electron chi connectivity index (χ2n) is 11.6. The van der Waals surface area contributed by atoms with Crippen LogP contribution in [0.5, 0.6) is 0 Å². The standard InChI is InChI=1S/C23H37F3OSi/c1-20-13-7-6-8-16(20)9-10-17-18(20)11-14-21(2)19(17)12-15-22(21,23(24,25)26)27-28(3,4)5/h6-7,16-19H,8-15H2,1-5H3/t16-,17-,18+,19+,20+,21+,22+/m1/s1. The Bertz CT molecular complexity index is 653. The molecular weight excluding hydrogens is 377 g/mol. The van der Waals surface area contributed by atoms with Gasteiger partial charge in [0.25, 0.3) is 0 Å². The normalized spacial score (nSPS) is 48.7. The Kier molecular flexibility index (Phi) is 4.76. The maximum absolute atomic E-state index is 14.6. The highest BCUT2D eigenvalue weighted by Crippen LogP contribution is 2.71. The smallest absolute Gasteiger partial charge is 0.403 e. The van der Waals surface area contributed by atoms with Gasteiger partial charge < -0.3 is 4.43 Å². The van der Waals surface area contributed by atoms with Crippen molar-refractivity contribution in [3.8, 4) is 0 Å². The van der Waals surface area contributed by atoms with Gasteiger partial charge in [-0.05, 0) is 100 Å². The van der Waals surface area contributed by atoms with Crippen LogP contribution in [-0.4, -0.2) is 20.1 Å². The van der Waals surface area contributed by atoms with Crippen LogP contribution in [0.4, 0.5) is 13.2 Å². The topological polar surface area (TPSA) is 9.23 Å². The predicted octanol–water partition coefficient (Wildman–Crippen LogP) is 7.35. The fourth-order valence-corrected chi connectivity index (χ4v) is 9.55. The Morgan fingerprint density at radius 3 is 2.25 bits per heavy atom. The molecule has 3 fully saturated rings. The van der Waals surface area contributed by atoms with E-state index in [0.29, 0.717) is 24.7 Å². The van der Waals surface area contributed by atoms with Gasteiger partial charge in [0.2, 0.25) is 0 Å². The molecule has 160 valence electrons. The van der Waals surface area contributed by atoms with Gasteiger partial charge in [-0.2, -0.15) is 13.2 Å². The molecule has 0 N–H and O–H groups in total. The van der Waals surface area contributed by atoms with Gasteiger partial charge in [0, 0.05) is 5.41 Å². The molecule has 0 unspecified atom stereocenters. The van der Waals surface area contributed by atoms with Crippen LogP contribution in [0.3, 0.4) is 0 Å². The zero-order valence-electron chi connectivity index (χ0n) is 18.2. The lowest BCUT2D eigenvalue weighted by atomic mass is 9.45. The Morgan fingerprint density at radius 2 is 1.61 bits per heavy atom. The van der Waals surface area contributed by atoms with Gasteiger partial charge in [-0.15, -0.1) is 0 Å². The molecule has 0 saturated heterocycles. The Morgan fingerprint density at radius 1 is 0.929 bits per heavy atom. The zero-order valence-corrected chi connectivity index (χ0v) is 19.2. The average Bonchev–Trinajstić information content (AvgIpc) is 2.86. The number of hydrogen-bond acceptors (Lipinski definition) is 1. The van der Waals surface area contributed by atoms with E-state index in [1.54, 1.807) is 0 Å². The molecule has 1 nitrogen and oxygen atoms in total. The molecule has 0 aromatic rings. The maximum atomic E-state index is 14.6.